The highest BCUT2D eigenvalue weighted by Crippen LogP contribution is 2.51. The largest absolute Gasteiger partial charge is 0.309 e. The number of hydrogen-bond acceptors (Lipinski definition) is 0. The van der Waals surface area contributed by atoms with Crippen molar-refractivity contribution in [3.8, 4) is 11.4 Å². The second kappa shape index (κ2) is 10.1. The Morgan fingerprint density at radius 1 is 0.224 bits per heavy atom. The van der Waals surface area contributed by atoms with E-state index >= 15 is 0 Å². The second-order valence-corrected chi connectivity index (χ2v) is 16.1. The number of nitrogens with zero attached hydrogens (tertiary/aromatic N) is 4. The third-order valence-electron chi connectivity index (χ3n) is 13.4. The van der Waals surface area contributed by atoms with Crippen LogP contribution in [-0.2, 0) is 0 Å². The van der Waals surface area contributed by atoms with Gasteiger partial charge in [0.1, 0.15) is 0 Å². The Hall–Kier alpha value is -7.82. The first-order chi connectivity index (χ1) is 28.8. The molecule has 6 aromatic heterocycles. The van der Waals surface area contributed by atoms with Gasteiger partial charge in [-0.15, -0.1) is 0 Å². The molecule has 4 heteroatoms. The lowest BCUT2D eigenvalue weighted by Crippen LogP contribution is -1.94. The van der Waals surface area contributed by atoms with Gasteiger partial charge in [-0.25, -0.2) is 0 Å². The zero-order valence-electron chi connectivity index (χ0n) is 31.1. The first kappa shape index (κ1) is 29.5. The van der Waals surface area contributed by atoms with Gasteiger partial charge in [0.15, 0.2) is 0 Å². The Morgan fingerprint density at radius 3 is 1.50 bits per heavy atom. The predicted octanol–water partition coefficient (Wildman–Crippen LogP) is 14.2. The number of hydrogen-bond donors (Lipinski definition) is 0. The van der Waals surface area contributed by atoms with Crippen LogP contribution in [0.1, 0.15) is 0 Å². The summed E-state index contributed by atoms with van der Waals surface area (Å²) in [5.41, 5.74) is 14.8. The van der Waals surface area contributed by atoms with E-state index in [2.05, 4.69) is 200 Å². The molecule has 6 heterocycles. The smallest absolute Gasteiger partial charge is 0.0641 e. The van der Waals surface area contributed by atoms with Crippen molar-refractivity contribution in [2.45, 2.75) is 0 Å². The maximum atomic E-state index is 2.60. The van der Waals surface area contributed by atoms with Crippen LogP contribution in [0.5, 0.6) is 0 Å². The summed E-state index contributed by atoms with van der Waals surface area (Å²) in [7, 11) is 0. The van der Waals surface area contributed by atoms with Crippen molar-refractivity contribution in [1.82, 2.24) is 17.9 Å². The van der Waals surface area contributed by atoms with Crippen LogP contribution in [0, 0.1) is 0 Å². The Morgan fingerprint density at radius 2 is 0.759 bits per heavy atom. The van der Waals surface area contributed by atoms with Gasteiger partial charge in [-0.3, -0.25) is 0 Å². The Labute approximate surface area is 329 Å². The summed E-state index contributed by atoms with van der Waals surface area (Å²) in [4.78, 5) is 0. The summed E-state index contributed by atoms with van der Waals surface area (Å²) in [6.45, 7) is 0. The fourth-order valence-corrected chi connectivity index (χ4v) is 11.2. The molecule has 0 N–H and O–H groups in total. The van der Waals surface area contributed by atoms with Crippen LogP contribution >= 0.6 is 0 Å². The van der Waals surface area contributed by atoms with Gasteiger partial charge in [-0.1, -0.05) is 115 Å². The molecular formula is C54H30N4. The zero-order chi connectivity index (χ0) is 37.4. The molecule has 266 valence electrons. The third-order valence-corrected chi connectivity index (χ3v) is 13.4. The molecule has 0 aliphatic heterocycles. The van der Waals surface area contributed by atoms with E-state index in [0.29, 0.717) is 0 Å². The maximum absolute atomic E-state index is 2.60. The first-order valence-electron chi connectivity index (χ1n) is 20.1. The number of benzene rings is 9. The van der Waals surface area contributed by atoms with E-state index in [1.807, 2.05) is 0 Å². The third kappa shape index (κ3) is 3.30. The van der Waals surface area contributed by atoms with Gasteiger partial charge in [0.2, 0.25) is 0 Å². The van der Waals surface area contributed by atoms with Crippen LogP contribution in [0.25, 0.3) is 131 Å². The summed E-state index contributed by atoms with van der Waals surface area (Å²) >= 11 is 0. The van der Waals surface area contributed by atoms with Crippen molar-refractivity contribution in [2.75, 3.05) is 0 Å². The van der Waals surface area contributed by atoms with Gasteiger partial charge in [-0.05, 0) is 66.7 Å². The molecule has 58 heavy (non-hydrogen) atoms. The molecule has 0 saturated heterocycles. The van der Waals surface area contributed by atoms with E-state index in [0.717, 1.165) is 11.4 Å². The molecule has 0 radical (unpaired) electrons. The van der Waals surface area contributed by atoms with E-state index in [9.17, 15) is 0 Å². The molecule has 9 aromatic carbocycles. The summed E-state index contributed by atoms with van der Waals surface area (Å²) in [5.74, 6) is 0. The maximum Gasteiger partial charge on any atom is 0.0641 e. The van der Waals surface area contributed by atoms with Crippen molar-refractivity contribution in [3.63, 3.8) is 0 Å². The van der Waals surface area contributed by atoms with Crippen LogP contribution in [0.15, 0.2) is 182 Å². The molecule has 15 rings (SSSR count). The van der Waals surface area contributed by atoms with Crippen LogP contribution < -0.4 is 0 Å². The van der Waals surface area contributed by atoms with E-state index in [1.165, 1.54) is 120 Å². The van der Waals surface area contributed by atoms with Gasteiger partial charge < -0.3 is 17.9 Å². The van der Waals surface area contributed by atoms with Gasteiger partial charge in [0, 0.05) is 76.0 Å². The summed E-state index contributed by atoms with van der Waals surface area (Å²) in [6, 6.07) is 67.7. The lowest BCUT2D eigenvalue weighted by atomic mass is 9.99. The number of fused-ring (bicyclic) bond motifs is 20. The Kier molecular flexibility index (Phi) is 5.14. The molecular weight excluding hydrogens is 705 g/mol. The minimum Gasteiger partial charge on any atom is -0.309 e. The minimum absolute atomic E-state index is 1.16. The average Bonchev–Trinajstić information content (AvgIpc) is 4.11. The molecule has 4 nitrogen and oxygen atoms in total. The molecule has 0 spiro atoms. The van der Waals surface area contributed by atoms with Gasteiger partial charge in [-0.2, -0.15) is 0 Å². The highest BCUT2D eigenvalue weighted by molar-refractivity contribution is 6.40. The normalized spacial score (nSPS) is 12.8. The van der Waals surface area contributed by atoms with Crippen LogP contribution in [0.2, 0.25) is 0 Å². The predicted molar refractivity (Wildman–Crippen MR) is 244 cm³/mol. The quantitative estimate of drug-likeness (QED) is 0.168. The van der Waals surface area contributed by atoms with E-state index in [-0.39, 0.29) is 0 Å². The van der Waals surface area contributed by atoms with Gasteiger partial charge in [0.05, 0.1) is 55.2 Å². The molecule has 0 saturated carbocycles. The molecule has 0 amide bonds. The van der Waals surface area contributed by atoms with Gasteiger partial charge >= 0.3 is 0 Å². The summed E-state index contributed by atoms with van der Waals surface area (Å²) in [5, 5.41) is 15.5. The monoisotopic (exact) mass is 734 g/mol. The Balaban J connectivity index is 1.26. The topological polar surface area (TPSA) is 18.7 Å². The van der Waals surface area contributed by atoms with Crippen molar-refractivity contribution in [1.29, 1.82) is 0 Å². The van der Waals surface area contributed by atoms with E-state index in [4.69, 9.17) is 0 Å². The minimum atomic E-state index is 1.16. The Bertz CT molecular complexity index is 4230. The molecule has 0 fully saturated rings. The molecule has 0 atom stereocenters. The van der Waals surface area contributed by atoms with Crippen LogP contribution in [-0.4, -0.2) is 17.9 Å². The fourth-order valence-electron chi connectivity index (χ4n) is 11.2. The van der Waals surface area contributed by atoms with Gasteiger partial charge in [0.25, 0.3) is 0 Å². The number of aromatic nitrogens is 4. The summed E-state index contributed by atoms with van der Waals surface area (Å²) in [6.07, 6.45) is 0. The molecule has 15 aromatic rings. The number of para-hydroxylation sites is 6. The lowest BCUT2D eigenvalue weighted by Gasteiger charge is -2.10. The van der Waals surface area contributed by atoms with E-state index in [1.54, 1.807) is 0 Å². The standard InChI is InChI=1S/C54H30N4/c1-3-14-31(15-4-1)55-44-25-12-9-20-38(44)49-48(55)29-41-40-28-39-36-22-13-21-35-33-18-8-11-24-43(33)57(52(35)36)46(39)30-47(40)58-45-27-26-37-34-19-7-10-23-42(34)56(32-16-5-2-6-17-32)53(37)50(45)51(49)54(41)58/h1-30H. The zero-order valence-corrected chi connectivity index (χ0v) is 31.1. The lowest BCUT2D eigenvalue weighted by molar-refractivity contribution is 1.18. The highest BCUT2D eigenvalue weighted by atomic mass is 15.0. The van der Waals surface area contributed by atoms with E-state index < -0.39 is 0 Å². The molecule has 0 bridgehead atoms. The molecule has 0 aliphatic rings. The second-order valence-electron chi connectivity index (χ2n) is 16.1. The SMILES string of the molecule is c1ccc(-n2c3ccccc3c3c4c5c6c(ccc5n5c7cc8c(cc7c(cc32)c45)c2cccc3c4ccccc4n8c32)c2ccccc2n6-c2ccccc2)cc1. The summed E-state index contributed by atoms with van der Waals surface area (Å²) < 4.78 is 10.1. The van der Waals surface area contributed by atoms with Crippen molar-refractivity contribution in [3.05, 3.63) is 182 Å². The fraction of sp³-hybridized carbons (Fsp3) is 0. The van der Waals surface area contributed by atoms with Crippen molar-refractivity contribution in [2.24, 2.45) is 0 Å². The van der Waals surface area contributed by atoms with Crippen LogP contribution in [0.3, 0.4) is 0 Å². The van der Waals surface area contributed by atoms with Crippen molar-refractivity contribution < 1.29 is 0 Å². The first-order valence-corrected chi connectivity index (χ1v) is 20.1. The average molecular weight is 735 g/mol. The highest BCUT2D eigenvalue weighted by Gasteiger charge is 2.28. The molecule has 0 unspecified atom stereocenters. The number of rotatable bonds is 2. The van der Waals surface area contributed by atoms with Crippen molar-refractivity contribution >= 4 is 120 Å². The molecule has 0 aliphatic carbocycles. The van der Waals surface area contributed by atoms with Crippen LogP contribution in [0.4, 0.5) is 0 Å².